The molecule has 2 rings (SSSR count). The minimum Gasteiger partial charge on any atom is -0.379 e. The number of ether oxygens (including phenoxy) is 1. The van der Waals surface area contributed by atoms with Gasteiger partial charge in [0.15, 0.2) is 0 Å². The maximum atomic E-state index is 12.0. The van der Waals surface area contributed by atoms with Crippen LogP contribution < -0.4 is 5.32 Å². The van der Waals surface area contributed by atoms with Gasteiger partial charge < -0.3 is 10.1 Å². The van der Waals surface area contributed by atoms with Crippen LogP contribution in [0.25, 0.3) is 0 Å². The summed E-state index contributed by atoms with van der Waals surface area (Å²) < 4.78 is 5.28. The van der Waals surface area contributed by atoms with Gasteiger partial charge in [-0.1, -0.05) is 0 Å². The fourth-order valence-electron chi connectivity index (χ4n) is 1.92. The molecule has 18 heavy (non-hydrogen) atoms. The molecule has 1 aromatic rings. The Labute approximate surface area is 111 Å². The van der Waals surface area contributed by atoms with Crippen molar-refractivity contribution in [2.75, 3.05) is 26.3 Å². The van der Waals surface area contributed by atoms with Gasteiger partial charge in [-0.3, -0.25) is 9.69 Å². The molecule has 0 bridgehead atoms. The molecule has 0 aromatic carbocycles. The van der Waals surface area contributed by atoms with Gasteiger partial charge in [0, 0.05) is 24.2 Å². The molecule has 1 aliphatic heterocycles. The lowest BCUT2D eigenvalue weighted by Crippen LogP contribution is -2.49. The van der Waals surface area contributed by atoms with Crippen LogP contribution in [0.2, 0.25) is 0 Å². The van der Waals surface area contributed by atoms with Crippen LogP contribution in [-0.4, -0.2) is 48.1 Å². The number of nitrogens with one attached hydrogen (secondary N) is 1. The number of nitrogens with zero attached hydrogens (tertiary/aromatic N) is 2. The number of amides is 1. The van der Waals surface area contributed by atoms with E-state index >= 15 is 0 Å². The Balaban J connectivity index is 1.79. The van der Waals surface area contributed by atoms with Crippen molar-refractivity contribution in [3.8, 4) is 0 Å². The Kier molecular flexibility index (Phi) is 4.68. The van der Waals surface area contributed by atoms with Gasteiger partial charge >= 0.3 is 0 Å². The third-order valence-electron chi connectivity index (χ3n) is 3.05. The Hall–Kier alpha value is -0.980. The van der Waals surface area contributed by atoms with Gasteiger partial charge in [0.05, 0.1) is 25.8 Å². The molecular weight excluding hydrogens is 250 g/mol. The summed E-state index contributed by atoms with van der Waals surface area (Å²) in [7, 11) is 0. The van der Waals surface area contributed by atoms with Gasteiger partial charge in [-0.25, -0.2) is 4.98 Å². The highest BCUT2D eigenvalue weighted by Crippen LogP contribution is 2.09. The first-order valence-electron chi connectivity index (χ1n) is 6.17. The summed E-state index contributed by atoms with van der Waals surface area (Å²) in [5, 5.41) is 5.88. The summed E-state index contributed by atoms with van der Waals surface area (Å²) in [6.07, 6.45) is 0. The van der Waals surface area contributed by atoms with E-state index in [2.05, 4.69) is 15.2 Å². The predicted molar refractivity (Wildman–Crippen MR) is 70.6 cm³/mol. The third kappa shape index (κ3) is 3.51. The summed E-state index contributed by atoms with van der Waals surface area (Å²) in [5.41, 5.74) is 1.01. The molecule has 5 nitrogen and oxygen atoms in total. The Morgan fingerprint density at radius 2 is 2.33 bits per heavy atom. The molecule has 1 atom stereocenters. The van der Waals surface area contributed by atoms with Crippen LogP contribution in [-0.2, 0) is 16.1 Å². The van der Waals surface area contributed by atoms with Crippen molar-refractivity contribution in [3.05, 3.63) is 16.1 Å². The van der Waals surface area contributed by atoms with Crippen LogP contribution >= 0.6 is 11.3 Å². The molecule has 0 saturated carbocycles. The molecular formula is C12H19N3O2S. The van der Waals surface area contributed by atoms with Crippen LogP contribution in [0.4, 0.5) is 0 Å². The summed E-state index contributed by atoms with van der Waals surface area (Å²) in [5.74, 6) is 0.0600. The highest BCUT2D eigenvalue weighted by Gasteiger charge is 2.22. The number of hydrogen-bond donors (Lipinski definition) is 1. The van der Waals surface area contributed by atoms with Crippen molar-refractivity contribution in [1.82, 2.24) is 15.2 Å². The van der Waals surface area contributed by atoms with E-state index in [1.54, 1.807) is 11.3 Å². The lowest BCUT2D eigenvalue weighted by atomic mass is 10.2. The molecule has 1 fully saturated rings. The molecule has 100 valence electrons. The summed E-state index contributed by atoms with van der Waals surface area (Å²) in [6, 6.07) is -0.102. The number of hydrogen-bond acceptors (Lipinski definition) is 5. The van der Waals surface area contributed by atoms with E-state index in [1.165, 1.54) is 0 Å². The molecule has 0 spiro atoms. The SMILES string of the molecule is Cc1csc(CNC(=O)C(C)N2CCOCC2)n1. The van der Waals surface area contributed by atoms with Gasteiger partial charge in [-0.05, 0) is 13.8 Å². The Morgan fingerprint density at radius 1 is 1.61 bits per heavy atom. The lowest BCUT2D eigenvalue weighted by Gasteiger charge is -2.31. The maximum absolute atomic E-state index is 12.0. The number of carbonyl (C=O) groups is 1. The molecule has 1 aliphatic rings. The second-order valence-corrected chi connectivity index (χ2v) is 5.37. The smallest absolute Gasteiger partial charge is 0.237 e. The third-order valence-corrected chi connectivity index (χ3v) is 4.02. The summed E-state index contributed by atoms with van der Waals surface area (Å²) >= 11 is 1.58. The average molecular weight is 269 g/mol. The van der Waals surface area contributed by atoms with Crippen LogP contribution in [0.15, 0.2) is 5.38 Å². The standard InChI is InChI=1S/C12H19N3O2S/c1-9-8-18-11(14-9)7-13-12(16)10(2)15-3-5-17-6-4-15/h8,10H,3-7H2,1-2H3,(H,13,16). The molecule has 6 heteroatoms. The fourth-order valence-corrected chi connectivity index (χ4v) is 2.64. The largest absolute Gasteiger partial charge is 0.379 e. The van der Waals surface area contributed by atoms with E-state index in [0.717, 1.165) is 23.8 Å². The second-order valence-electron chi connectivity index (χ2n) is 4.42. The number of rotatable bonds is 4. The predicted octanol–water partition coefficient (Wildman–Crippen LogP) is 0.788. The van der Waals surface area contributed by atoms with Crippen LogP contribution in [0, 0.1) is 6.92 Å². The Morgan fingerprint density at radius 3 is 2.94 bits per heavy atom. The maximum Gasteiger partial charge on any atom is 0.237 e. The first kappa shape index (κ1) is 13.5. The van der Waals surface area contributed by atoms with E-state index < -0.39 is 0 Å². The molecule has 1 amide bonds. The van der Waals surface area contributed by atoms with Crippen LogP contribution in [0.3, 0.4) is 0 Å². The van der Waals surface area contributed by atoms with Gasteiger partial charge in [-0.15, -0.1) is 11.3 Å². The molecule has 0 aliphatic carbocycles. The normalized spacial score (nSPS) is 18.6. The number of carbonyl (C=O) groups excluding carboxylic acids is 1. The van der Waals surface area contributed by atoms with Crippen molar-refractivity contribution < 1.29 is 9.53 Å². The number of thiazole rings is 1. The molecule has 1 saturated heterocycles. The van der Waals surface area contributed by atoms with Crippen molar-refractivity contribution in [2.45, 2.75) is 26.4 Å². The van der Waals surface area contributed by atoms with Gasteiger partial charge in [0.1, 0.15) is 5.01 Å². The molecule has 0 radical (unpaired) electrons. The number of morpholine rings is 1. The molecule has 2 heterocycles. The number of aromatic nitrogens is 1. The summed E-state index contributed by atoms with van der Waals surface area (Å²) in [6.45, 7) is 7.49. The van der Waals surface area contributed by atoms with Gasteiger partial charge in [0.2, 0.25) is 5.91 Å². The van der Waals surface area contributed by atoms with Crippen LogP contribution in [0.5, 0.6) is 0 Å². The number of aryl methyl sites for hydroxylation is 1. The van der Waals surface area contributed by atoms with E-state index in [-0.39, 0.29) is 11.9 Å². The summed E-state index contributed by atoms with van der Waals surface area (Å²) in [4.78, 5) is 18.5. The van der Waals surface area contributed by atoms with E-state index in [9.17, 15) is 4.79 Å². The lowest BCUT2D eigenvalue weighted by molar-refractivity contribution is -0.127. The zero-order chi connectivity index (χ0) is 13.0. The van der Waals surface area contributed by atoms with Crippen molar-refractivity contribution in [2.24, 2.45) is 0 Å². The highest BCUT2D eigenvalue weighted by atomic mass is 32.1. The zero-order valence-electron chi connectivity index (χ0n) is 10.8. The first-order chi connectivity index (χ1) is 8.66. The monoisotopic (exact) mass is 269 g/mol. The Bertz CT molecular complexity index is 402. The van der Waals surface area contributed by atoms with Crippen LogP contribution in [0.1, 0.15) is 17.6 Å². The average Bonchev–Trinajstić information content (AvgIpc) is 2.82. The minimum absolute atomic E-state index is 0.0600. The molecule has 1 aromatic heterocycles. The van der Waals surface area contributed by atoms with Gasteiger partial charge in [-0.2, -0.15) is 0 Å². The second kappa shape index (κ2) is 6.26. The van der Waals surface area contributed by atoms with Crippen molar-refractivity contribution in [3.63, 3.8) is 0 Å². The van der Waals surface area contributed by atoms with Crippen molar-refractivity contribution >= 4 is 17.2 Å². The van der Waals surface area contributed by atoms with E-state index in [0.29, 0.717) is 19.8 Å². The highest BCUT2D eigenvalue weighted by molar-refractivity contribution is 7.09. The topological polar surface area (TPSA) is 54.5 Å². The van der Waals surface area contributed by atoms with E-state index in [1.807, 2.05) is 19.2 Å². The fraction of sp³-hybridized carbons (Fsp3) is 0.667. The molecule has 1 N–H and O–H groups in total. The zero-order valence-corrected chi connectivity index (χ0v) is 11.6. The van der Waals surface area contributed by atoms with Gasteiger partial charge in [0.25, 0.3) is 0 Å². The van der Waals surface area contributed by atoms with Crippen molar-refractivity contribution in [1.29, 1.82) is 0 Å². The minimum atomic E-state index is -0.102. The quantitative estimate of drug-likeness (QED) is 0.878. The van der Waals surface area contributed by atoms with E-state index in [4.69, 9.17) is 4.74 Å². The molecule has 1 unspecified atom stereocenters. The first-order valence-corrected chi connectivity index (χ1v) is 7.05.